The summed E-state index contributed by atoms with van der Waals surface area (Å²) in [5.41, 5.74) is 7.16. The summed E-state index contributed by atoms with van der Waals surface area (Å²) in [7, 11) is 0. The van der Waals surface area contributed by atoms with Gasteiger partial charge < -0.3 is 10.5 Å². The lowest BCUT2D eigenvalue weighted by Gasteiger charge is -2.10. The Hall–Kier alpha value is -2.77. The van der Waals surface area contributed by atoms with E-state index in [4.69, 9.17) is 27.3 Å². The first-order valence-electron chi connectivity index (χ1n) is 6.20. The van der Waals surface area contributed by atoms with Crippen molar-refractivity contribution >= 4 is 28.2 Å². The monoisotopic (exact) mass is 295 g/mol. The molecule has 1 heterocycles. The van der Waals surface area contributed by atoms with E-state index in [-0.39, 0.29) is 0 Å². The Morgan fingerprint density at radius 3 is 2.86 bits per heavy atom. The largest absolute Gasteiger partial charge is 0.455 e. The molecule has 0 aliphatic carbocycles. The molecule has 3 rings (SSSR count). The topological polar surface area (TPSA) is 71.9 Å². The maximum Gasteiger partial charge on any atom is 0.153 e. The Morgan fingerprint density at radius 2 is 2.05 bits per heavy atom. The Labute approximate surface area is 126 Å². The number of nitrogens with zero attached hydrogens (tertiary/aromatic N) is 2. The van der Waals surface area contributed by atoms with Crippen molar-refractivity contribution < 1.29 is 4.74 Å². The molecule has 21 heavy (non-hydrogen) atoms. The zero-order valence-corrected chi connectivity index (χ0v) is 11.6. The molecule has 0 radical (unpaired) electrons. The maximum absolute atomic E-state index is 9.00. The van der Waals surface area contributed by atoms with Gasteiger partial charge in [0.15, 0.2) is 5.75 Å². The number of nitrogens with two attached hydrogens (primary N) is 1. The Morgan fingerprint density at radius 1 is 1.19 bits per heavy atom. The SMILES string of the molecule is N#Cc1cc(Oc2ccc(Cl)c3cccnc23)ccc1N. The summed E-state index contributed by atoms with van der Waals surface area (Å²) < 4.78 is 5.82. The van der Waals surface area contributed by atoms with E-state index in [2.05, 4.69) is 4.98 Å². The third-order valence-electron chi connectivity index (χ3n) is 3.05. The van der Waals surface area contributed by atoms with E-state index in [0.717, 1.165) is 5.39 Å². The number of anilines is 1. The number of nitrogen functional groups attached to an aromatic ring is 1. The fourth-order valence-corrected chi connectivity index (χ4v) is 2.23. The highest BCUT2D eigenvalue weighted by Crippen LogP contribution is 2.33. The fraction of sp³-hybridized carbons (Fsp3) is 0. The minimum absolute atomic E-state index is 0.374. The van der Waals surface area contributed by atoms with Gasteiger partial charge in [-0.15, -0.1) is 0 Å². The van der Waals surface area contributed by atoms with Crippen LogP contribution in [0.2, 0.25) is 5.02 Å². The standard InChI is InChI=1S/C16H10ClN3O/c17-13-4-6-15(16-12(13)2-1-7-20-16)21-11-3-5-14(19)10(8-11)9-18/h1-8H,19H2. The summed E-state index contributed by atoms with van der Waals surface area (Å²) in [6.45, 7) is 0. The normalized spacial score (nSPS) is 10.3. The summed E-state index contributed by atoms with van der Waals surface area (Å²) in [4.78, 5) is 4.30. The van der Waals surface area contributed by atoms with Crippen LogP contribution < -0.4 is 10.5 Å². The molecule has 0 aliphatic rings. The molecule has 0 fully saturated rings. The second-order valence-corrected chi connectivity index (χ2v) is 4.82. The summed E-state index contributed by atoms with van der Waals surface area (Å²) in [6.07, 6.45) is 1.68. The quantitative estimate of drug-likeness (QED) is 0.721. The summed E-state index contributed by atoms with van der Waals surface area (Å²) in [5, 5.41) is 10.4. The molecule has 4 nitrogen and oxygen atoms in total. The van der Waals surface area contributed by atoms with E-state index < -0.39 is 0 Å². The van der Waals surface area contributed by atoms with Crippen LogP contribution in [0.15, 0.2) is 48.7 Å². The summed E-state index contributed by atoms with van der Waals surface area (Å²) in [5.74, 6) is 1.10. The minimum atomic E-state index is 0.374. The number of nitriles is 1. The first-order valence-corrected chi connectivity index (χ1v) is 6.57. The van der Waals surface area contributed by atoms with Crippen LogP contribution in [-0.2, 0) is 0 Å². The van der Waals surface area contributed by atoms with E-state index in [9.17, 15) is 0 Å². The zero-order valence-electron chi connectivity index (χ0n) is 10.9. The first-order chi connectivity index (χ1) is 10.2. The molecule has 0 saturated heterocycles. The van der Waals surface area contributed by atoms with Crippen LogP contribution in [0.1, 0.15) is 5.56 Å². The van der Waals surface area contributed by atoms with Gasteiger partial charge in [0.05, 0.1) is 10.6 Å². The van der Waals surface area contributed by atoms with E-state index in [0.29, 0.717) is 33.3 Å². The molecular formula is C16H10ClN3O. The molecule has 0 saturated carbocycles. The van der Waals surface area contributed by atoms with Crippen molar-refractivity contribution in [3.05, 3.63) is 59.2 Å². The minimum Gasteiger partial charge on any atom is -0.455 e. The second-order valence-electron chi connectivity index (χ2n) is 4.41. The predicted molar refractivity (Wildman–Crippen MR) is 82.4 cm³/mol. The van der Waals surface area contributed by atoms with Gasteiger partial charge in [-0.3, -0.25) is 4.98 Å². The van der Waals surface area contributed by atoms with Crippen LogP contribution in [0.25, 0.3) is 10.9 Å². The van der Waals surface area contributed by atoms with Crippen molar-refractivity contribution in [3.8, 4) is 17.6 Å². The van der Waals surface area contributed by atoms with Crippen LogP contribution in [0.4, 0.5) is 5.69 Å². The van der Waals surface area contributed by atoms with Gasteiger partial charge in [0.25, 0.3) is 0 Å². The second kappa shape index (κ2) is 5.31. The molecule has 5 heteroatoms. The Kier molecular flexibility index (Phi) is 3.35. The Bertz CT molecular complexity index is 871. The molecule has 1 aromatic heterocycles. The van der Waals surface area contributed by atoms with Gasteiger partial charge in [0, 0.05) is 23.3 Å². The van der Waals surface area contributed by atoms with Crippen LogP contribution in [0.5, 0.6) is 11.5 Å². The van der Waals surface area contributed by atoms with Crippen molar-refractivity contribution in [2.75, 3.05) is 5.73 Å². The number of aromatic nitrogens is 1. The van der Waals surface area contributed by atoms with Crippen molar-refractivity contribution in [1.29, 1.82) is 5.26 Å². The van der Waals surface area contributed by atoms with E-state index >= 15 is 0 Å². The van der Waals surface area contributed by atoms with E-state index in [1.165, 1.54) is 0 Å². The average Bonchev–Trinajstić information content (AvgIpc) is 2.52. The molecule has 0 amide bonds. The Balaban J connectivity index is 2.07. The molecule has 0 aliphatic heterocycles. The highest BCUT2D eigenvalue weighted by atomic mass is 35.5. The van der Waals surface area contributed by atoms with Crippen LogP contribution in [-0.4, -0.2) is 4.98 Å². The number of ether oxygens (including phenoxy) is 1. The summed E-state index contributed by atoms with van der Waals surface area (Å²) in [6, 6.07) is 14.2. The third-order valence-corrected chi connectivity index (χ3v) is 3.38. The van der Waals surface area contributed by atoms with Gasteiger partial charge in [-0.2, -0.15) is 5.26 Å². The van der Waals surface area contributed by atoms with Gasteiger partial charge in [-0.25, -0.2) is 0 Å². The third kappa shape index (κ3) is 2.47. The first kappa shape index (κ1) is 13.2. The van der Waals surface area contributed by atoms with Gasteiger partial charge in [0.2, 0.25) is 0 Å². The van der Waals surface area contributed by atoms with Gasteiger partial charge in [0.1, 0.15) is 17.3 Å². The highest BCUT2D eigenvalue weighted by Gasteiger charge is 2.09. The number of hydrogen-bond acceptors (Lipinski definition) is 4. The van der Waals surface area contributed by atoms with Crippen LogP contribution in [0.3, 0.4) is 0 Å². The number of benzene rings is 2. The van der Waals surface area contributed by atoms with Crippen molar-refractivity contribution in [1.82, 2.24) is 4.98 Å². The fourth-order valence-electron chi connectivity index (χ4n) is 2.02. The lowest BCUT2D eigenvalue weighted by atomic mass is 10.2. The number of rotatable bonds is 2. The predicted octanol–water partition coefficient (Wildman–Crippen LogP) is 4.13. The average molecular weight is 296 g/mol. The molecule has 3 aromatic rings. The lowest BCUT2D eigenvalue weighted by Crippen LogP contribution is -1.92. The van der Waals surface area contributed by atoms with Gasteiger partial charge >= 0.3 is 0 Å². The number of fused-ring (bicyclic) bond motifs is 1. The smallest absolute Gasteiger partial charge is 0.153 e. The van der Waals surface area contributed by atoms with Crippen LogP contribution >= 0.6 is 11.6 Å². The molecule has 2 N–H and O–H groups in total. The molecular weight excluding hydrogens is 286 g/mol. The number of halogens is 1. The number of hydrogen-bond donors (Lipinski definition) is 1. The maximum atomic E-state index is 9.00. The van der Waals surface area contributed by atoms with E-state index in [1.807, 2.05) is 18.2 Å². The van der Waals surface area contributed by atoms with Gasteiger partial charge in [-0.1, -0.05) is 11.6 Å². The number of pyridine rings is 1. The molecule has 0 bridgehead atoms. The van der Waals surface area contributed by atoms with Crippen molar-refractivity contribution in [2.24, 2.45) is 0 Å². The van der Waals surface area contributed by atoms with Crippen molar-refractivity contribution in [2.45, 2.75) is 0 Å². The molecule has 102 valence electrons. The molecule has 0 spiro atoms. The molecule has 0 atom stereocenters. The van der Waals surface area contributed by atoms with Crippen molar-refractivity contribution in [3.63, 3.8) is 0 Å². The van der Waals surface area contributed by atoms with Crippen LogP contribution in [0, 0.1) is 11.3 Å². The highest BCUT2D eigenvalue weighted by molar-refractivity contribution is 6.35. The molecule has 2 aromatic carbocycles. The zero-order chi connectivity index (χ0) is 14.8. The van der Waals surface area contributed by atoms with E-state index in [1.54, 1.807) is 36.5 Å². The van der Waals surface area contributed by atoms with Gasteiger partial charge in [-0.05, 0) is 36.4 Å². The summed E-state index contributed by atoms with van der Waals surface area (Å²) >= 11 is 6.15. The molecule has 0 unspecified atom stereocenters. The lowest BCUT2D eigenvalue weighted by molar-refractivity contribution is 0.487.